The van der Waals surface area contributed by atoms with Gasteiger partial charge in [0.05, 0.1) is 12.6 Å². The highest BCUT2D eigenvalue weighted by molar-refractivity contribution is 6.31. The first-order valence-corrected chi connectivity index (χ1v) is 8.03. The fourth-order valence-corrected chi connectivity index (χ4v) is 3.44. The van der Waals surface area contributed by atoms with Crippen molar-refractivity contribution in [2.24, 2.45) is 12.8 Å². The Balaban J connectivity index is 1.92. The first kappa shape index (κ1) is 15.2. The van der Waals surface area contributed by atoms with Crippen LogP contribution in [-0.4, -0.2) is 20.2 Å². The van der Waals surface area contributed by atoms with Crippen molar-refractivity contribution >= 4 is 11.6 Å². The van der Waals surface area contributed by atoms with Crippen LogP contribution in [0.5, 0.6) is 0 Å². The summed E-state index contributed by atoms with van der Waals surface area (Å²) < 4.78 is 14.6. The molecule has 0 radical (unpaired) electrons. The SMILES string of the molecule is Cn1nnc(-c2c(F)cc(Cl)cc2-c2ccc3c(c2)CC[C@@H]3N)n1. The Morgan fingerprint density at radius 1 is 1.29 bits per heavy atom. The average Bonchev–Trinajstić information content (AvgIpc) is 3.13. The van der Waals surface area contributed by atoms with E-state index < -0.39 is 5.82 Å². The van der Waals surface area contributed by atoms with Crippen molar-refractivity contribution in [3.63, 3.8) is 0 Å². The maximum Gasteiger partial charge on any atom is 0.208 e. The second-order valence-corrected chi connectivity index (χ2v) is 6.41. The number of hydrogen-bond donors (Lipinski definition) is 1. The van der Waals surface area contributed by atoms with Gasteiger partial charge in [0, 0.05) is 11.1 Å². The van der Waals surface area contributed by atoms with E-state index in [0.717, 1.165) is 24.0 Å². The van der Waals surface area contributed by atoms with E-state index in [9.17, 15) is 4.39 Å². The highest BCUT2D eigenvalue weighted by atomic mass is 35.5. The molecule has 1 aromatic heterocycles. The van der Waals surface area contributed by atoms with Gasteiger partial charge in [0.15, 0.2) is 0 Å². The first-order valence-electron chi connectivity index (χ1n) is 7.65. The van der Waals surface area contributed by atoms with E-state index in [-0.39, 0.29) is 11.9 Å². The van der Waals surface area contributed by atoms with Crippen LogP contribution in [0.4, 0.5) is 4.39 Å². The Morgan fingerprint density at radius 3 is 2.88 bits per heavy atom. The summed E-state index contributed by atoms with van der Waals surface area (Å²) in [6.07, 6.45) is 1.85. The van der Waals surface area contributed by atoms with E-state index >= 15 is 0 Å². The minimum Gasteiger partial charge on any atom is -0.324 e. The first-order chi connectivity index (χ1) is 11.5. The maximum absolute atomic E-state index is 14.6. The number of benzene rings is 2. The standard InChI is InChI=1S/C17H15ClFN5/c1-24-22-17(21-23-24)16-13(7-11(18)8-14(16)19)10-2-4-12-9(6-10)3-5-15(12)20/h2,4,6-8,15H,3,5,20H2,1H3/t15-/m0/s1. The Labute approximate surface area is 143 Å². The molecule has 5 nitrogen and oxygen atoms in total. The Hall–Kier alpha value is -2.31. The molecule has 1 heterocycles. The Kier molecular flexibility index (Phi) is 3.58. The molecule has 0 aliphatic heterocycles. The van der Waals surface area contributed by atoms with Gasteiger partial charge in [0.2, 0.25) is 5.82 Å². The van der Waals surface area contributed by atoms with Gasteiger partial charge in [0.25, 0.3) is 0 Å². The molecule has 3 aromatic rings. The van der Waals surface area contributed by atoms with Gasteiger partial charge in [-0.1, -0.05) is 29.8 Å². The van der Waals surface area contributed by atoms with Gasteiger partial charge < -0.3 is 5.73 Å². The zero-order valence-corrected chi connectivity index (χ0v) is 13.8. The molecular weight excluding hydrogens is 329 g/mol. The fourth-order valence-electron chi connectivity index (χ4n) is 3.23. The minimum atomic E-state index is -0.470. The van der Waals surface area contributed by atoms with Crippen LogP contribution in [0.3, 0.4) is 0 Å². The number of aromatic nitrogens is 4. The molecule has 0 spiro atoms. The lowest BCUT2D eigenvalue weighted by Crippen LogP contribution is -2.04. The number of hydrogen-bond acceptors (Lipinski definition) is 4. The highest BCUT2D eigenvalue weighted by Gasteiger charge is 2.22. The van der Waals surface area contributed by atoms with Crippen LogP contribution in [-0.2, 0) is 13.5 Å². The fraction of sp³-hybridized carbons (Fsp3) is 0.235. The van der Waals surface area contributed by atoms with E-state index in [2.05, 4.69) is 15.4 Å². The summed E-state index contributed by atoms with van der Waals surface area (Å²) >= 11 is 6.08. The van der Waals surface area contributed by atoms with Crippen molar-refractivity contribution in [3.05, 3.63) is 52.3 Å². The largest absolute Gasteiger partial charge is 0.324 e. The molecule has 2 aromatic carbocycles. The number of aryl methyl sites for hydroxylation is 2. The molecule has 2 N–H and O–H groups in total. The zero-order valence-electron chi connectivity index (χ0n) is 13.0. The monoisotopic (exact) mass is 343 g/mol. The van der Waals surface area contributed by atoms with Crippen molar-refractivity contribution in [3.8, 4) is 22.5 Å². The predicted molar refractivity (Wildman–Crippen MR) is 89.9 cm³/mol. The molecule has 0 bridgehead atoms. The third-order valence-electron chi connectivity index (χ3n) is 4.37. The molecule has 0 unspecified atom stereocenters. The molecule has 4 rings (SSSR count). The van der Waals surface area contributed by atoms with E-state index in [0.29, 0.717) is 16.1 Å². The van der Waals surface area contributed by atoms with Gasteiger partial charge in [0.1, 0.15) is 5.82 Å². The third-order valence-corrected chi connectivity index (χ3v) is 4.58. The van der Waals surface area contributed by atoms with E-state index in [1.807, 2.05) is 18.2 Å². The summed E-state index contributed by atoms with van der Waals surface area (Å²) in [5.41, 5.74) is 10.3. The van der Waals surface area contributed by atoms with Crippen molar-refractivity contribution in [2.45, 2.75) is 18.9 Å². The number of nitrogens with two attached hydrogens (primary N) is 1. The van der Waals surface area contributed by atoms with Gasteiger partial charge in [-0.15, -0.1) is 10.2 Å². The summed E-state index contributed by atoms with van der Waals surface area (Å²) in [6.45, 7) is 0. The van der Waals surface area contributed by atoms with E-state index in [1.165, 1.54) is 16.4 Å². The van der Waals surface area contributed by atoms with Crippen molar-refractivity contribution in [1.29, 1.82) is 0 Å². The topological polar surface area (TPSA) is 69.6 Å². The van der Waals surface area contributed by atoms with Crippen molar-refractivity contribution in [1.82, 2.24) is 20.2 Å². The molecule has 0 saturated carbocycles. The summed E-state index contributed by atoms with van der Waals surface area (Å²) in [4.78, 5) is 1.30. The molecule has 7 heteroatoms. The van der Waals surface area contributed by atoms with Gasteiger partial charge in [-0.25, -0.2) is 4.39 Å². The smallest absolute Gasteiger partial charge is 0.208 e. The van der Waals surface area contributed by atoms with Gasteiger partial charge in [-0.2, -0.15) is 4.80 Å². The summed E-state index contributed by atoms with van der Waals surface area (Å²) in [7, 11) is 1.64. The van der Waals surface area contributed by atoms with Gasteiger partial charge in [-0.3, -0.25) is 0 Å². The molecule has 122 valence electrons. The number of fused-ring (bicyclic) bond motifs is 1. The van der Waals surface area contributed by atoms with E-state index in [4.69, 9.17) is 17.3 Å². The number of nitrogens with zero attached hydrogens (tertiary/aromatic N) is 4. The zero-order chi connectivity index (χ0) is 16.8. The quantitative estimate of drug-likeness (QED) is 0.775. The normalized spacial score (nSPS) is 16.4. The van der Waals surface area contributed by atoms with Crippen molar-refractivity contribution < 1.29 is 4.39 Å². The van der Waals surface area contributed by atoms with Crippen LogP contribution < -0.4 is 5.73 Å². The van der Waals surface area contributed by atoms with Crippen LogP contribution in [0.1, 0.15) is 23.6 Å². The van der Waals surface area contributed by atoms with E-state index in [1.54, 1.807) is 13.1 Å². The molecule has 1 aliphatic rings. The molecule has 0 fully saturated rings. The molecule has 0 saturated heterocycles. The van der Waals surface area contributed by atoms with Gasteiger partial charge >= 0.3 is 0 Å². The molecule has 0 amide bonds. The minimum absolute atomic E-state index is 0.0753. The predicted octanol–water partition coefficient (Wildman–Crippen LogP) is 3.28. The second-order valence-electron chi connectivity index (χ2n) is 5.97. The van der Waals surface area contributed by atoms with Gasteiger partial charge in [-0.05, 0) is 52.4 Å². The highest BCUT2D eigenvalue weighted by Crippen LogP contribution is 2.38. The molecule has 1 atom stereocenters. The second kappa shape index (κ2) is 5.65. The summed E-state index contributed by atoms with van der Waals surface area (Å²) in [6, 6.07) is 9.07. The van der Waals surface area contributed by atoms with Crippen LogP contribution in [0, 0.1) is 5.82 Å². The number of halogens is 2. The maximum atomic E-state index is 14.6. The molecule has 1 aliphatic carbocycles. The third kappa shape index (κ3) is 2.48. The Morgan fingerprint density at radius 2 is 2.12 bits per heavy atom. The number of tetrazole rings is 1. The van der Waals surface area contributed by atoms with Crippen LogP contribution in [0.15, 0.2) is 30.3 Å². The molecular formula is C17H15ClFN5. The lowest BCUT2D eigenvalue weighted by atomic mass is 9.95. The van der Waals surface area contributed by atoms with Crippen LogP contribution in [0.25, 0.3) is 22.5 Å². The van der Waals surface area contributed by atoms with Crippen molar-refractivity contribution in [2.75, 3.05) is 0 Å². The van der Waals surface area contributed by atoms with Crippen LogP contribution >= 0.6 is 11.6 Å². The molecule has 24 heavy (non-hydrogen) atoms. The lowest BCUT2D eigenvalue weighted by Gasteiger charge is -2.11. The average molecular weight is 344 g/mol. The number of rotatable bonds is 2. The summed E-state index contributed by atoms with van der Waals surface area (Å²) in [5.74, 6) is -0.235. The Bertz CT molecular complexity index is 937. The lowest BCUT2D eigenvalue weighted by molar-refractivity contribution is 0.626. The summed E-state index contributed by atoms with van der Waals surface area (Å²) in [5, 5.41) is 12.2. The van der Waals surface area contributed by atoms with Crippen LogP contribution in [0.2, 0.25) is 5.02 Å².